The van der Waals surface area contributed by atoms with Crippen LogP contribution in [0.2, 0.25) is 0 Å². The van der Waals surface area contributed by atoms with E-state index in [1.54, 1.807) is 23.5 Å². The number of carbonyl (C=O) groups is 2. The van der Waals surface area contributed by atoms with Crippen molar-refractivity contribution in [2.45, 2.75) is 56.5 Å². The fourth-order valence-corrected chi connectivity index (χ4v) is 3.79. The molecule has 0 aromatic carbocycles. The van der Waals surface area contributed by atoms with Crippen molar-refractivity contribution in [3.8, 4) is 0 Å². The fourth-order valence-electron chi connectivity index (χ4n) is 1.31. The third-order valence-electron chi connectivity index (χ3n) is 2.43. The Kier molecular flexibility index (Phi) is 12.5. The van der Waals surface area contributed by atoms with Gasteiger partial charge in [-0.2, -0.15) is 23.5 Å². The normalized spacial score (nSPS) is 14.2. The second-order valence-electron chi connectivity index (χ2n) is 4.03. The lowest BCUT2D eigenvalue weighted by Crippen LogP contribution is -2.16. The molecule has 0 aromatic rings. The molecule has 2 unspecified atom stereocenters. The van der Waals surface area contributed by atoms with Gasteiger partial charge in [0, 0.05) is 0 Å². The molecule has 0 saturated heterocycles. The van der Waals surface area contributed by atoms with Gasteiger partial charge in [0.15, 0.2) is 0 Å². The molecule has 0 bridgehead atoms. The highest BCUT2D eigenvalue weighted by atomic mass is 32.2. The lowest BCUT2D eigenvalue weighted by Gasteiger charge is -2.14. The van der Waals surface area contributed by atoms with Crippen molar-refractivity contribution in [3.63, 3.8) is 0 Å². The number of rotatable bonds is 12. The van der Waals surface area contributed by atoms with Gasteiger partial charge in [-0.1, -0.05) is 26.7 Å². The molecule has 4 heteroatoms. The molecule has 0 heterocycles. The largest absolute Gasteiger partial charge is 0.302 e. The van der Waals surface area contributed by atoms with E-state index >= 15 is 0 Å². The molecule has 0 fully saturated rings. The summed E-state index contributed by atoms with van der Waals surface area (Å²) < 4.78 is 0. The van der Waals surface area contributed by atoms with Crippen LogP contribution >= 0.6 is 23.5 Å². The summed E-state index contributed by atoms with van der Waals surface area (Å²) in [5, 5.41) is -0.0169. The first kappa shape index (κ1) is 17.0. The standard InChI is InChI=1S/C13H24O2S2/c1-3-5-7-16-12(10-14)9-13(11-15)17-8-6-4-2/h10-13H,3-9H2,1-2H3. The van der Waals surface area contributed by atoms with E-state index in [0.717, 1.165) is 49.8 Å². The summed E-state index contributed by atoms with van der Waals surface area (Å²) in [4.78, 5) is 21.9. The van der Waals surface area contributed by atoms with Crippen LogP contribution in [-0.4, -0.2) is 34.6 Å². The molecule has 0 spiro atoms. The van der Waals surface area contributed by atoms with Gasteiger partial charge < -0.3 is 9.59 Å². The van der Waals surface area contributed by atoms with Crippen molar-refractivity contribution >= 4 is 36.1 Å². The average Bonchev–Trinajstić information content (AvgIpc) is 2.36. The molecule has 0 radical (unpaired) electrons. The van der Waals surface area contributed by atoms with E-state index < -0.39 is 0 Å². The topological polar surface area (TPSA) is 34.1 Å². The second-order valence-corrected chi connectivity index (χ2v) is 6.73. The Morgan fingerprint density at radius 2 is 1.29 bits per heavy atom. The van der Waals surface area contributed by atoms with Crippen molar-refractivity contribution in [2.24, 2.45) is 0 Å². The van der Waals surface area contributed by atoms with Crippen LogP contribution in [0.1, 0.15) is 46.0 Å². The van der Waals surface area contributed by atoms with E-state index in [1.165, 1.54) is 0 Å². The van der Waals surface area contributed by atoms with E-state index in [-0.39, 0.29) is 10.5 Å². The minimum Gasteiger partial charge on any atom is -0.302 e. The first-order valence-electron chi connectivity index (χ1n) is 6.42. The first-order chi connectivity index (χ1) is 8.28. The molecule has 2 nitrogen and oxygen atoms in total. The molecule has 0 rings (SSSR count). The maximum Gasteiger partial charge on any atom is 0.133 e. The molecule has 0 saturated carbocycles. The average molecular weight is 276 g/mol. The molecule has 0 aliphatic rings. The smallest absolute Gasteiger partial charge is 0.133 e. The maximum absolute atomic E-state index is 10.9. The van der Waals surface area contributed by atoms with Crippen LogP contribution in [0.3, 0.4) is 0 Å². The van der Waals surface area contributed by atoms with Gasteiger partial charge in [-0.15, -0.1) is 0 Å². The summed E-state index contributed by atoms with van der Waals surface area (Å²) in [6.45, 7) is 4.29. The zero-order valence-corrected chi connectivity index (χ0v) is 12.5. The van der Waals surface area contributed by atoms with E-state index in [0.29, 0.717) is 6.42 Å². The highest BCUT2D eigenvalue weighted by Crippen LogP contribution is 2.22. The van der Waals surface area contributed by atoms with E-state index in [9.17, 15) is 9.59 Å². The molecule has 100 valence electrons. The van der Waals surface area contributed by atoms with Crippen LogP contribution in [0, 0.1) is 0 Å². The Morgan fingerprint density at radius 3 is 1.59 bits per heavy atom. The predicted octanol–water partition coefficient (Wildman–Crippen LogP) is 3.58. The number of hydrogen-bond acceptors (Lipinski definition) is 4. The number of hydrogen-bond donors (Lipinski definition) is 0. The Morgan fingerprint density at radius 1 is 0.882 bits per heavy atom. The van der Waals surface area contributed by atoms with Crippen LogP contribution < -0.4 is 0 Å². The van der Waals surface area contributed by atoms with Crippen molar-refractivity contribution in [1.82, 2.24) is 0 Å². The summed E-state index contributed by atoms with van der Waals surface area (Å²) in [6, 6.07) is 0. The highest BCUT2D eigenvalue weighted by Gasteiger charge is 2.15. The van der Waals surface area contributed by atoms with E-state index in [4.69, 9.17) is 0 Å². The van der Waals surface area contributed by atoms with Gasteiger partial charge in [0.2, 0.25) is 0 Å². The van der Waals surface area contributed by atoms with Crippen LogP contribution in [0.25, 0.3) is 0 Å². The lowest BCUT2D eigenvalue weighted by atomic mass is 10.2. The molecule has 0 aliphatic carbocycles. The minimum atomic E-state index is -0.00845. The summed E-state index contributed by atoms with van der Waals surface area (Å²) >= 11 is 3.38. The number of thioether (sulfide) groups is 2. The monoisotopic (exact) mass is 276 g/mol. The first-order valence-corrected chi connectivity index (χ1v) is 8.52. The summed E-state index contributed by atoms with van der Waals surface area (Å²) in [6.07, 6.45) is 7.28. The van der Waals surface area contributed by atoms with Gasteiger partial charge in [0.1, 0.15) is 12.6 Å². The minimum absolute atomic E-state index is 0.00845. The summed E-state index contributed by atoms with van der Waals surface area (Å²) in [5.74, 6) is 2.04. The number of unbranched alkanes of at least 4 members (excludes halogenated alkanes) is 2. The SMILES string of the molecule is CCCCSC(C=O)CC(C=O)SCCCC. The summed E-state index contributed by atoms with van der Waals surface area (Å²) in [7, 11) is 0. The molecule has 2 atom stereocenters. The zero-order chi connectivity index (χ0) is 12.9. The van der Waals surface area contributed by atoms with Gasteiger partial charge in [0.25, 0.3) is 0 Å². The zero-order valence-electron chi connectivity index (χ0n) is 10.9. The van der Waals surface area contributed by atoms with Crippen molar-refractivity contribution < 1.29 is 9.59 Å². The van der Waals surface area contributed by atoms with Crippen LogP contribution in [-0.2, 0) is 9.59 Å². The molecule has 0 aromatic heterocycles. The van der Waals surface area contributed by atoms with Crippen molar-refractivity contribution in [3.05, 3.63) is 0 Å². The van der Waals surface area contributed by atoms with Crippen molar-refractivity contribution in [2.75, 3.05) is 11.5 Å². The molecule has 0 aliphatic heterocycles. The van der Waals surface area contributed by atoms with Crippen LogP contribution in [0.4, 0.5) is 0 Å². The Labute approximate surface area is 114 Å². The Balaban J connectivity index is 3.86. The molecule has 17 heavy (non-hydrogen) atoms. The third-order valence-corrected chi connectivity index (χ3v) is 4.94. The number of carbonyl (C=O) groups excluding carboxylic acids is 2. The second kappa shape index (κ2) is 12.5. The van der Waals surface area contributed by atoms with E-state index in [1.807, 2.05) is 0 Å². The van der Waals surface area contributed by atoms with Crippen LogP contribution in [0.15, 0.2) is 0 Å². The Bertz CT molecular complexity index is 178. The Hall–Kier alpha value is 0.0400. The quantitative estimate of drug-likeness (QED) is 0.403. The lowest BCUT2D eigenvalue weighted by molar-refractivity contribution is -0.108. The fraction of sp³-hybridized carbons (Fsp3) is 0.846. The van der Waals surface area contributed by atoms with Crippen molar-refractivity contribution in [1.29, 1.82) is 0 Å². The van der Waals surface area contributed by atoms with Gasteiger partial charge in [-0.25, -0.2) is 0 Å². The summed E-state index contributed by atoms with van der Waals surface area (Å²) in [5.41, 5.74) is 0. The molecule has 0 N–H and O–H groups in total. The molecule has 0 amide bonds. The van der Waals surface area contributed by atoms with Gasteiger partial charge in [-0.3, -0.25) is 0 Å². The maximum atomic E-state index is 10.9. The van der Waals surface area contributed by atoms with Gasteiger partial charge in [-0.05, 0) is 30.8 Å². The van der Waals surface area contributed by atoms with Gasteiger partial charge >= 0.3 is 0 Å². The number of aldehydes is 2. The molecular weight excluding hydrogens is 252 g/mol. The van der Waals surface area contributed by atoms with E-state index in [2.05, 4.69) is 13.8 Å². The van der Waals surface area contributed by atoms with Crippen LogP contribution in [0.5, 0.6) is 0 Å². The predicted molar refractivity (Wildman–Crippen MR) is 79.1 cm³/mol. The molecular formula is C13H24O2S2. The third kappa shape index (κ3) is 9.72. The highest BCUT2D eigenvalue weighted by molar-refractivity contribution is 8.01. The van der Waals surface area contributed by atoms with Gasteiger partial charge in [0.05, 0.1) is 10.5 Å².